The van der Waals surface area contributed by atoms with Gasteiger partial charge >= 0.3 is 0 Å². The monoisotopic (exact) mass is 302 g/mol. The van der Waals surface area contributed by atoms with Crippen molar-refractivity contribution in [2.24, 2.45) is 5.92 Å². The number of aryl methyl sites for hydroxylation is 2. The van der Waals surface area contributed by atoms with Crippen molar-refractivity contribution in [1.29, 1.82) is 0 Å². The topological polar surface area (TPSA) is 0 Å². The van der Waals surface area contributed by atoms with E-state index in [-0.39, 0.29) is 0 Å². The molecule has 90 valence electrons. The van der Waals surface area contributed by atoms with E-state index in [2.05, 4.69) is 55.8 Å². The van der Waals surface area contributed by atoms with Gasteiger partial charge in [-0.1, -0.05) is 53.9 Å². The van der Waals surface area contributed by atoms with Gasteiger partial charge in [0.15, 0.2) is 0 Å². The average Bonchev–Trinajstić information content (AvgIpc) is 2.23. The smallest absolute Gasteiger partial charge is 0.0438 e. The summed E-state index contributed by atoms with van der Waals surface area (Å²) in [4.78, 5) is 0.443. The molecule has 0 aliphatic carbocycles. The molecule has 0 nitrogen and oxygen atoms in total. The molecule has 0 aliphatic rings. The van der Waals surface area contributed by atoms with Gasteiger partial charge in [0, 0.05) is 9.85 Å². The number of halogens is 2. The van der Waals surface area contributed by atoms with Crippen LogP contribution in [0.15, 0.2) is 12.1 Å². The van der Waals surface area contributed by atoms with Crippen LogP contribution in [-0.2, 0) is 0 Å². The molecule has 0 aliphatic heterocycles. The summed E-state index contributed by atoms with van der Waals surface area (Å²) in [6, 6.07) is 4.27. The first-order valence-corrected chi connectivity index (χ1v) is 7.15. The molecule has 2 unspecified atom stereocenters. The minimum Gasteiger partial charge on any atom is -0.0840 e. The van der Waals surface area contributed by atoms with E-state index >= 15 is 0 Å². The molecular weight excluding hydrogens is 284 g/mol. The second-order valence-electron chi connectivity index (χ2n) is 4.67. The van der Waals surface area contributed by atoms with Crippen molar-refractivity contribution < 1.29 is 0 Å². The Hall–Kier alpha value is -0.0100. The normalized spacial score (nSPS) is 14.9. The molecule has 0 saturated heterocycles. The number of benzene rings is 1. The Balaban J connectivity index is 2.91. The molecule has 0 saturated carbocycles. The summed E-state index contributed by atoms with van der Waals surface area (Å²) in [6.45, 7) is 8.73. The Bertz CT molecular complexity index is 360. The highest BCUT2D eigenvalue weighted by Gasteiger charge is 2.14. The van der Waals surface area contributed by atoms with Crippen LogP contribution in [-0.4, -0.2) is 0 Å². The van der Waals surface area contributed by atoms with Gasteiger partial charge in [0.25, 0.3) is 0 Å². The number of rotatable bonds is 4. The lowest BCUT2D eigenvalue weighted by Gasteiger charge is -2.18. The highest BCUT2D eigenvalue weighted by Crippen LogP contribution is 2.35. The molecule has 0 bridgehead atoms. The van der Waals surface area contributed by atoms with Gasteiger partial charge in [-0.3, -0.25) is 0 Å². The molecule has 0 N–H and O–H groups in total. The largest absolute Gasteiger partial charge is 0.0840 e. The maximum absolute atomic E-state index is 6.11. The Morgan fingerprint density at radius 3 is 2.44 bits per heavy atom. The summed E-state index contributed by atoms with van der Waals surface area (Å²) in [5.41, 5.74) is 3.82. The zero-order chi connectivity index (χ0) is 12.3. The van der Waals surface area contributed by atoms with E-state index in [1.54, 1.807) is 0 Å². The fourth-order valence-electron chi connectivity index (χ4n) is 1.79. The second-order valence-corrected chi connectivity index (χ2v) is 6.19. The van der Waals surface area contributed by atoms with Crippen LogP contribution < -0.4 is 0 Å². The highest BCUT2D eigenvalue weighted by atomic mass is 79.9. The number of hydrogen-bond donors (Lipinski definition) is 0. The molecule has 1 aromatic rings. The van der Waals surface area contributed by atoms with Gasteiger partial charge in [0.05, 0.1) is 0 Å². The first kappa shape index (κ1) is 14.1. The lowest BCUT2D eigenvalue weighted by Crippen LogP contribution is -2.01. The zero-order valence-corrected chi connectivity index (χ0v) is 12.8. The predicted molar refractivity (Wildman–Crippen MR) is 76.7 cm³/mol. The van der Waals surface area contributed by atoms with E-state index in [4.69, 9.17) is 11.6 Å². The number of hydrogen-bond acceptors (Lipinski definition) is 0. The molecule has 2 heteroatoms. The summed E-state index contributed by atoms with van der Waals surface area (Å²) < 4.78 is 0. The van der Waals surface area contributed by atoms with E-state index in [0.717, 1.165) is 16.5 Å². The molecule has 0 radical (unpaired) electrons. The van der Waals surface area contributed by atoms with Crippen molar-refractivity contribution in [2.45, 2.75) is 45.4 Å². The van der Waals surface area contributed by atoms with Crippen LogP contribution in [0.25, 0.3) is 0 Å². The SMILES string of the molecule is CCC(C)CC(Br)c1cc(C)c(Cl)cc1C. The standard InChI is InChI=1S/C14H20BrCl/c1-5-9(2)6-13(15)12-7-11(4)14(16)8-10(12)3/h7-9,13H,5-6H2,1-4H3. The van der Waals surface area contributed by atoms with Gasteiger partial charge in [0.2, 0.25) is 0 Å². The van der Waals surface area contributed by atoms with Crippen molar-refractivity contribution in [3.63, 3.8) is 0 Å². The lowest BCUT2D eigenvalue weighted by molar-refractivity contribution is 0.514. The lowest BCUT2D eigenvalue weighted by atomic mass is 9.95. The van der Waals surface area contributed by atoms with Gasteiger partial charge in [-0.15, -0.1) is 0 Å². The van der Waals surface area contributed by atoms with Gasteiger partial charge in [-0.05, 0) is 48.9 Å². The van der Waals surface area contributed by atoms with E-state index in [9.17, 15) is 0 Å². The van der Waals surface area contributed by atoms with Crippen LogP contribution in [0, 0.1) is 19.8 Å². The molecule has 0 spiro atoms. The van der Waals surface area contributed by atoms with Crippen molar-refractivity contribution in [3.8, 4) is 0 Å². The maximum atomic E-state index is 6.11. The van der Waals surface area contributed by atoms with Crippen molar-refractivity contribution in [3.05, 3.63) is 33.8 Å². The molecular formula is C14H20BrCl. The average molecular weight is 304 g/mol. The quantitative estimate of drug-likeness (QED) is 0.614. The van der Waals surface area contributed by atoms with E-state index in [0.29, 0.717) is 4.83 Å². The Kier molecular flexibility index (Phi) is 5.33. The first-order chi connectivity index (χ1) is 7.45. The molecule has 16 heavy (non-hydrogen) atoms. The molecule has 2 atom stereocenters. The predicted octanol–water partition coefficient (Wildman–Crippen LogP) is 5.83. The van der Waals surface area contributed by atoms with Crippen LogP contribution in [0.1, 0.15) is 48.2 Å². The van der Waals surface area contributed by atoms with E-state index in [1.165, 1.54) is 24.0 Å². The zero-order valence-electron chi connectivity index (χ0n) is 10.5. The molecule has 0 fully saturated rings. The summed E-state index contributed by atoms with van der Waals surface area (Å²) in [5, 5.41) is 0.865. The third-order valence-electron chi connectivity index (χ3n) is 3.19. The fourth-order valence-corrected chi connectivity index (χ4v) is 3.14. The van der Waals surface area contributed by atoms with Crippen LogP contribution in [0.5, 0.6) is 0 Å². The summed E-state index contributed by atoms with van der Waals surface area (Å²) in [5.74, 6) is 0.750. The molecule has 1 rings (SSSR count). The van der Waals surface area contributed by atoms with E-state index in [1.807, 2.05) is 0 Å². The second kappa shape index (κ2) is 6.07. The Morgan fingerprint density at radius 1 is 1.25 bits per heavy atom. The molecule has 1 aromatic carbocycles. The number of alkyl halides is 1. The van der Waals surface area contributed by atoms with Crippen molar-refractivity contribution in [2.75, 3.05) is 0 Å². The third-order valence-corrected chi connectivity index (χ3v) is 4.47. The van der Waals surface area contributed by atoms with Gasteiger partial charge in [0.1, 0.15) is 0 Å². The summed E-state index contributed by atoms with van der Waals surface area (Å²) in [7, 11) is 0. The van der Waals surface area contributed by atoms with E-state index < -0.39 is 0 Å². The van der Waals surface area contributed by atoms with Crippen LogP contribution in [0.4, 0.5) is 0 Å². The minimum atomic E-state index is 0.443. The van der Waals surface area contributed by atoms with Crippen molar-refractivity contribution in [1.82, 2.24) is 0 Å². The maximum Gasteiger partial charge on any atom is 0.0438 e. The van der Waals surface area contributed by atoms with Gasteiger partial charge in [-0.25, -0.2) is 0 Å². The van der Waals surface area contributed by atoms with Crippen molar-refractivity contribution >= 4 is 27.5 Å². The minimum absolute atomic E-state index is 0.443. The fraction of sp³-hybridized carbons (Fsp3) is 0.571. The third kappa shape index (κ3) is 3.49. The molecule has 0 amide bonds. The Labute approximate surface area is 113 Å². The first-order valence-electron chi connectivity index (χ1n) is 5.86. The van der Waals surface area contributed by atoms with Gasteiger partial charge in [-0.2, -0.15) is 0 Å². The van der Waals surface area contributed by atoms with Crippen LogP contribution >= 0.6 is 27.5 Å². The van der Waals surface area contributed by atoms with Crippen LogP contribution in [0.2, 0.25) is 5.02 Å². The molecule has 0 aromatic heterocycles. The van der Waals surface area contributed by atoms with Gasteiger partial charge < -0.3 is 0 Å². The summed E-state index contributed by atoms with van der Waals surface area (Å²) in [6.07, 6.45) is 2.41. The highest BCUT2D eigenvalue weighted by molar-refractivity contribution is 9.09. The summed E-state index contributed by atoms with van der Waals surface area (Å²) >= 11 is 9.90. The van der Waals surface area contributed by atoms with Crippen LogP contribution in [0.3, 0.4) is 0 Å². The molecule has 0 heterocycles. The Morgan fingerprint density at radius 2 is 1.88 bits per heavy atom.